The monoisotopic (exact) mass is 487 g/mol. The molecule has 1 aromatic heterocycles. The van der Waals surface area contributed by atoms with E-state index < -0.39 is 5.97 Å². The van der Waals surface area contributed by atoms with Crippen LogP contribution in [0.3, 0.4) is 0 Å². The first kappa shape index (κ1) is 21.1. The van der Waals surface area contributed by atoms with Gasteiger partial charge in [-0.05, 0) is 51.8 Å². The van der Waals surface area contributed by atoms with Crippen LogP contribution < -0.4 is 14.9 Å². The van der Waals surface area contributed by atoms with Crippen LogP contribution in [0.1, 0.15) is 5.56 Å². The number of fused-ring (bicyclic) bond motifs is 1. The fraction of sp³-hybridized carbons (Fsp3) is 0. The molecule has 0 amide bonds. The number of ether oxygens (including phenoxy) is 2. The van der Waals surface area contributed by atoms with Gasteiger partial charge in [0.05, 0.1) is 9.86 Å². The lowest BCUT2D eigenvalue weighted by atomic mass is 10.1. The first-order chi connectivity index (χ1) is 15.5. The Morgan fingerprint density at radius 2 is 1.75 bits per heavy atom. The molecule has 0 radical (unpaired) electrons. The van der Waals surface area contributed by atoms with Crippen molar-refractivity contribution >= 4 is 38.9 Å². The molecule has 0 aliphatic heterocycles. The molecule has 0 N–H and O–H groups in total. The molecule has 0 saturated heterocycles. The van der Waals surface area contributed by atoms with E-state index in [1.807, 2.05) is 18.2 Å². The summed E-state index contributed by atoms with van der Waals surface area (Å²) >= 11 is 3.37. The molecule has 0 saturated carbocycles. The van der Waals surface area contributed by atoms with Crippen LogP contribution in [0.5, 0.6) is 17.2 Å². The third-order valence-corrected chi connectivity index (χ3v) is 5.09. The molecule has 4 rings (SSSR count). The Kier molecular flexibility index (Phi) is 6.15. The van der Waals surface area contributed by atoms with E-state index in [9.17, 15) is 14.9 Å². The third kappa shape index (κ3) is 4.61. The summed E-state index contributed by atoms with van der Waals surface area (Å²) in [6.45, 7) is 0. The zero-order valence-corrected chi connectivity index (χ0v) is 18.0. The van der Waals surface area contributed by atoms with Crippen molar-refractivity contribution in [2.45, 2.75) is 0 Å². The number of benzene rings is 3. The van der Waals surface area contributed by atoms with Gasteiger partial charge in [0.2, 0.25) is 11.2 Å². The largest absolute Gasteiger partial charge is 0.460 e. The number of rotatable bonds is 5. The maximum absolute atomic E-state index is 12.8. The van der Waals surface area contributed by atoms with Gasteiger partial charge in [0.1, 0.15) is 35.0 Å². The Hall–Kier alpha value is -4.15. The topological polar surface area (TPSA) is 89.5 Å². The van der Waals surface area contributed by atoms with Crippen molar-refractivity contribution in [3.8, 4) is 23.3 Å². The van der Waals surface area contributed by atoms with Crippen molar-refractivity contribution in [3.05, 3.63) is 105 Å². The van der Waals surface area contributed by atoms with Crippen LogP contribution in [0.15, 0.2) is 98.3 Å². The minimum Gasteiger partial charge on any atom is -0.460 e. The molecule has 7 heteroatoms. The van der Waals surface area contributed by atoms with Crippen molar-refractivity contribution < 1.29 is 18.7 Å². The first-order valence-corrected chi connectivity index (χ1v) is 10.2. The van der Waals surface area contributed by atoms with Gasteiger partial charge in [-0.25, -0.2) is 4.79 Å². The van der Waals surface area contributed by atoms with Gasteiger partial charge in [0.25, 0.3) is 0 Å². The number of halogens is 1. The highest BCUT2D eigenvalue weighted by atomic mass is 79.9. The van der Waals surface area contributed by atoms with Crippen molar-refractivity contribution in [1.29, 1.82) is 5.26 Å². The molecule has 0 unspecified atom stereocenters. The van der Waals surface area contributed by atoms with Crippen LogP contribution in [-0.4, -0.2) is 5.97 Å². The van der Waals surface area contributed by atoms with E-state index in [-0.39, 0.29) is 33.5 Å². The number of carbonyl (C=O) groups excluding carboxylic acids is 1. The van der Waals surface area contributed by atoms with Crippen LogP contribution >= 0.6 is 15.9 Å². The SMILES string of the molecule is N#CC(=Cc1ccccc1)C(=O)Oc1ccc2c(=O)c(Oc3ccccc3Br)coc2c1. The second-order valence-electron chi connectivity index (χ2n) is 6.59. The quantitative estimate of drug-likeness (QED) is 0.151. The number of para-hydroxylation sites is 1. The van der Waals surface area contributed by atoms with Gasteiger partial charge in [-0.1, -0.05) is 42.5 Å². The molecule has 0 atom stereocenters. The molecule has 32 heavy (non-hydrogen) atoms. The number of esters is 1. The lowest BCUT2D eigenvalue weighted by Crippen LogP contribution is -2.10. The summed E-state index contributed by atoms with van der Waals surface area (Å²) in [5.41, 5.74) is 0.380. The molecule has 0 aliphatic rings. The molecule has 0 bridgehead atoms. The van der Waals surface area contributed by atoms with Crippen LogP contribution in [0.2, 0.25) is 0 Å². The molecule has 6 nitrogen and oxygen atoms in total. The minimum atomic E-state index is -0.813. The highest BCUT2D eigenvalue weighted by Crippen LogP contribution is 2.29. The highest BCUT2D eigenvalue weighted by molar-refractivity contribution is 9.10. The van der Waals surface area contributed by atoms with E-state index in [2.05, 4.69) is 15.9 Å². The summed E-state index contributed by atoms with van der Waals surface area (Å²) in [7, 11) is 0. The second kappa shape index (κ2) is 9.33. The van der Waals surface area contributed by atoms with Crippen LogP contribution in [0, 0.1) is 11.3 Å². The minimum absolute atomic E-state index is 0.0201. The smallest absolute Gasteiger partial charge is 0.354 e. The molecule has 0 aliphatic carbocycles. The maximum Gasteiger partial charge on any atom is 0.354 e. The molecule has 4 aromatic rings. The Bertz CT molecular complexity index is 1430. The summed E-state index contributed by atoms with van der Waals surface area (Å²) in [5, 5.41) is 9.58. The van der Waals surface area contributed by atoms with Crippen LogP contribution in [0.25, 0.3) is 17.0 Å². The summed E-state index contributed by atoms with van der Waals surface area (Å²) in [4.78, 5) is 25.2. The van der Waals surface area contributed by atoms with E-state index >= 15 is 0 Å². The summed E-state index contributed by atoms with van der Waals surface area (Å²) in [5.74, 6) is -0.183. The van der Waals surface area contributed by atoms with E-state index in [1.54, 1.807) is 42.5 Å². The molecular weight excluding hydrogens is 474 g/mol. The van der Waals surface area contributed by atoms with Gasteiger partial charge in [-0.3, -0.25) is 4.79 Å². The Morgan fingerprint density at radius 1 is 1.00 bits per heavy atom. The second-order valence-corrected chi connectivity index (χ2v) is 7.44. The van der Waals surface area contributed by atoms with Crippen molar-refractivity contribution in [2.24, 2.45) is 0 Å². The van der Waals surface area contributed by atoms with Crippen molar-refractivity contribution in [2.75, 3.05) is 0 Å². The Balaban J connectivity index is 1.58. The molecule has 0 fully saturated rings. The zero-order valence-electron chi connectivity index (χ0n) is 16.4. The zero-order chi connectivity index (χ0) is 22.5. The van der Waals surface area contributed by atoms with Gasteiger partial charge in [0.15, 0.2) is 0 Å². The Morgan fingerprint density at radius 3 is 2.50 bits per heavy atom. The number of hydrogen-bond acceptors (Lipinski definition) is 6. The molecule has 0 spiro atoms. The number of nitriles is 1. The van der Waals surface area contributed by atoms with Gasteiger partial charge in [0, 0.05) is 6.07 Å². The van der Waals surface area contributed by atoms with E-state index in [4.69, 9.17) is 13.9 Å². The molecule has 1 heterocycles. The lowest BCUT2D eigenvalue weighted by Gasteiger charge is -2.08. The van der Waals surface area contributed by atoms with Crippen LogP contribution in [0.4, 0.5) is 0 Å². The van der Waals surface area contributed by atoms with Gasteiger partial charge >= 0.3 is 5.97 Å². The average molecular weight is 488 g/mol. The van der Waals surface area contributed by atoms with Crippen molar-refractivity contribution in [1.82, 2.24) is 0 Å². The maximum atomic E-state index is 12.8. The third-order valence-electron chi connectivity index (χ3n) is 4.43. The van der Waals surface area contributed by atoms with E-state index in [0.717, 1.165) is 0 Å². The normalized spacial score (nSPS) is 11.1. The highest BCUT2D eigenvalue weighted by Gasteiger charge is 2.15. The van der Waals surface area contributed by atoms with E-state index in [0.29, 0.717) is 15.8 Å². The average Bonchev–Trinajstić information content (AvgIpc) is 2.81. The van der Waals surface area contributed by atoms with Gasteiger partial charge < -0.3 is 13.9 Å². The standard InChI is InChI=1S/C25H14BrNO5/c26-20-8-4-5-9-21(20)32-23-15-30-22-13-18(10-11-19(22)24(23)28)31-25(29)17(14-27)12-16-6-2-1-3-7-16/h1-13,15H. The predicted octanol–water partition coefficient (Wildman–Crippen LogP) is 5.86. The number of nitrogens with zero attached hydrogens (tertiary/aromatic N) is 1. The van der Waals surface area contributed by atoms with E-state index in [1.165, 1.54) is 30.5 Å². The summed E-state index contributed by atoms with van der Waals surface area (Å²) < 4.78 is 17.2. The van der Waals surface area contributed by atoms with Crippen LogP contribution in [-0.2, 0) is 4.79 Å². The number of carbonyl (C=O) groups is 1. The Labute approximate surface area is 191 Å². The van der Waals surface area contributed by atoms with Gasteiger partial charge in [-0.15, -0.1) is 0 Å². The fourth-order valence-electron chi connectivity index (χ4n) is 2.89. The summed E-state index contributed by atoms with van der Waals surface area (Å²) in [6.07, 6.45) is 2.64. The predicted molar refractivity (Wildman–Crippen MR) is 122 cm³/mol. The molecule has 156 valence electrons. The lowest BCUT2D eigenvalue weighted by molar-refractivity contribution is -0.129. The molecular formula is C25H14BrNO5. The van der Waals surface area contributed by atoms with Crippen molar-refractivity contribution in [3.63, 3.8) is 0 Å². The van der Waals surface area contributed by atoms with Gasteiger partial charge in [-0.2, -0.15) is 5.26 Å². The first-order valence-electron chi connectivity index (χ1n) is 9.42. The summed E-state index contributed by atoms with van der Waals surface area (Å²) in [6, 6.07) is 22.3. The number of hydrogen-bond donors (Lipinski definition) is 0. The molecule has 3 aromatic carbocycles. The fourth-order valence-corrected chi connectivity index (χ4v) is 3.25.